The number of halogens is 1. The van der Waals surface area contributed by atoms with Crippen LogP contribution in [-0.4, -0.2) is 18.8 Å². The van der Waals surface area contributed by atoms with E-state index in [9.17, 15) is 0 Å². The number of rotatable bonds is 5. The highest BCUT2D eigenvalue weighted by atomic mass is 35.5. The Morgan fingerprint density at radius 1 is 1.50 bits per heavy atom. The molecule has 0 bridgehead atoms. The third-order valence-corrected chi connectivity index (χ3v) is 6.10. The van der Waals surface area contributed by atoms with E-state index in [2.05, 4.69) is 18.3 Å². The number of nitrogens with one attached hydrogen (secondary N) is 1. The van der Waals surface area contributed by atoms with Crippen LogP contribution < -0.4 is 5.32 Å². The van der Waals surface area contributed by atoms with Gasteiger partial charge in [0.05, 0.1) is 9.94 Å². The topological polar surface area (TPSA) is 21.3 Å². The number of hydrogen-bond donors (Lipinski definition) is 1. The van der Waals surface area contributed by atoms with Crippen molar-refractivity contribution >= 4 is 22.9 Å². The highest BCUT2D eigenvalue weighted by Crippen LogP contribution is 2.47. The average Bonchev–Trinajstić information content (AvgIpc) is 2.84. The molecule has 4 heteroatoms. The van der Waals surface area contributed by atoms with E-state index in [-0.39, 0.29) is 5.60 Å². The molecule has 1 spiro atoms. The second-order valence-corrected chi connectivity index (χ2v) is 7.96. The fourth-order valence-electron chi connectivity index (χ4n) is 3.56. The predicted octanol–water partition coefficient (Wildman–Crippen LogP) is 4.79. The molecule has 0 radical (unpaired) electrons. The maximum absolute atomic E-state index is 6.14. The highest BCUT2D eigenvalue weighted by molar-refractivity contribution is 7.16. The third kappa shape index (κ3) is 3.06. The Kier molecular flexibility index (Phi) is 4.71. The van der Waals surface area contributed by atoms with E-state index in [0.29, 0.717) is 12.0 Å². The van der Waals surface area contributed by atoms with Gasteiger partial charge in [-0.25, -0.2) is 0 Å². The van der Waals surface area contributed by atoms with E-state index < -0.39 is 0 Å². The SMILES string of the molecule is CCCNC(c1ccc(Cl)s1)C1CCOC2(CCC2)C1. The second-order valence-electron chi connectivity index (χ2n) is 6.21. The highest BCUT2D eigenvalue weighted by Gasteiger charge is 2.44. The molecular weight excluding hydrogens is 290 g/mol. The lowest BCUT2D eigenvalue weighted by molar-refractivity contribution is -0.147. The zero-order valence-corrected chi connectivity index (χ0v) is 13.7. The lowest BCUT2D eigenvalue weighted by atomic mass is 9.70. The van der Waals surface area contributed by atoms with Gasteiger partial charge in [-0.1, -0.05) is 18.5 Å². The molecule has 1 saturated heterocycles. The van der Waals surface area contributed by atoms with Gasteiger partial charge in [0, 0.05) is 17.5 Å². The smallest absolute Gasteiger partial charge is 0.0931 e. The van der Waals surface area contributed by atoms with Gasteiger partial charge < -0.3 is 10.1 Å². The van der Waals surface area contributed by atoms with Gasteiger partial charge in [-0.15, -0.1) is 11.3 Å². The van der Waals surface area contributed by atoms with Crippen molar-refractivity contribution < 1.29 is 4.74 Å². The van der Waals surface area contributed by atoms with Crippen molar-refractivity contribution in [3.05, 3.63) is 21.3 Å². The minimum absolute atomic E-state index is 0.218. The van der Waals surface area contributed by atoms with Crippen molar-refractivity contribution in [2.45, 2.75) is 57.1 Å². The largest absolute Gasteiger partial charge is 0.375 e. The maximum Gasteiger partial charge on any atom is 0.0931 e. The molecule has 2 unspecified atom stereocenters. The van der Waals surface area contributed by atoms with E-state index in [1.165, 1.54) is 43.4 Å². The van der Waals surface area contributed by atoms with Crippen LogP contribution in [-0.2, 0) is 4.74 Å². The molecular formula is C16H24ClNOS. The van der Waals surface area contributed by atoms with Crippen LogP contribution in [0.15, 0.2) is 12.1 Å². The van der Waals surface area contributed by atoms with Crippen molar-refractivity contribution in [3.63, 3.8) is 0 Å². The van der Waals surface area contributed by atoms with Gasteiger partial charge in [-0.05, 0) is 63.1 Å². The summed E-state index contributed by atoms with van der Waals surface area (Å²) in [5.74, 6) is 0.685. The van der Waals surface area contributed by atoms with Crippen molar-refractivity contribution in [1.82, 2.24) is 5.32 Å². The third-order valence-electron chi connectivity index (χ3n) is 4.78. The van der Waals surface area contributed by atoms with Crippen molar-refractivity contribution in [2.24, 2.45) is 5.92 Å². The molecule has 1 aliphatic heterocycles. The first-order valence-corrected chi connectivity index (χ1v) is 9.04. The quantitative estimate of drug-likeness (QED) is 0.843. The molecule has 1 aromatic heterocycles. The van der Waals surface area contributed by atoms with Crippen LogP contribution in [0.3, 0.4) is 0 Å². The summed E-state index contributed by atoms with van der Waals surface area (Å²) in [6, 6.07) is 4.68. The minimum atomic E-state index is 0.218. The second kappa shape index (κ2) is 6.35. The molecule has 0 amide bonds. The summed E-state index contributed by atoms with van der Waals surface area (Å²) in [5.41, 5.74) is 0.218. The lowest BCUT2D eigenvalue weighted by Gasteiger charge is -2.48. The molecule has 2 atom stereocenters. The summed E-state index contributed by atoms with van der Waals surface area (Å²) >= 11 is 7.87. The van der Waals surface area contributed by atoms with Crippen LogP contribution in [0.25, 0.3) is 0 Å². The normalized spacial score (nSPS) is 26.4. The lowest BCUT2D eigenvalue weighted by Crippen LogP contribution is -2.48. The van der Waals surface area contributed by atoms with Gasteiger partial charge >= 0.3 is 0 Å². The van der Waals surface area contributed by atoms with Crippen molar-refractivity contribution in [1.29, 1.82) is 0 Å². The van der Waals surface area contributed by atoms with Gasteiger partial charge in [-0.3, -0.25) is 0 Å². The van der Waals surface area contributed by atoms with Gasteiger partial charge in [0.15, 0.2) is 0 Å². The van der Waals surface area contributed by atoms with Crippen LogP contribution in [0.4, 0.5) is 0 Å². The Morgan fingerprint density at radius 2 is 2.35 bits per heavy atom. The molecule has 2 aliphatic rings. The number of thiophene rings is 1. The Bertz CT molecular complexity index is 443. The molecule has 1 aromatic rings. The molecule has 2 fully saturated rings. The molecule has 20 heavy (non-hydrogen) atoms. The van der Waals surface area contributed by atoms with E-state index >= 15 is 0 Å². The van der Waals surface area contributed by atoms with Crippen molar-refractivity contribution in [3.8, 4) is 0 Å². The van der Waals surface area contributed by atoms with Gasteiger partial charge in [0.2, 0.25) is 0 Å². The molecule has 3 rings (SSSR count). The van der Waals surface area contributed by atoms with Crippen LogP contribution >= 0.6 is 22.9 Å². The monoisotopic (exact) mass is 313 g/mol. The zero-order chi connectivity index (χ0) is 14.0. The molecule has 2 nitrogen and oxygen atoms in total. The first-order chi connectivity index (χ1) is 9.72. The van der Waals surface area contributed by atoms with Gasteiger partial charge in [-0.2, -0.15) is 0 Å². The molecule has 112 valence electrons. The Balaban J connectivity index is 1.74. The van der Waals surface area contributed by atoms with Gasteiger partial charge in [0.1, 0.15) is 0 Å². The van der Waals surface area contributed by atoms with Crippen molar-refractivity contribution in [2.75, 3.05) is 13.2 Å². The zero-order valence-electron chi connectivity index (χ0n) is 12.2. The Labute approximate surface area is 130 Å². The standard InChI is InChI=1S/C16H24ClNOS/c1-2-9-18-15(13-4-5-14(17)20-13)12-6-10-19-16(11-12)7-3-8-16/h4-5,12,15,18H,2-3,6-11H2,1H3. The van der Waals surface area contributed by atoms with E-state index in [0.717, 1.165) is 17.5 Å². The summed E-state index contributed by atoms with van der Waals surface area (Å²) in [6.45, 7) is 4.22. The fourth-order valence-corrected chi connectivity index (χ4v) is 4.79. The minimum Gasteiger partial charge on any atom is -0.375 e. The molecule has 0 aromatic carbocycles. The summed E-state index contributed by atoms with van der Waals surface area (Å²) in [4.78, 5) is 1.39. The summed E-state index contributed by atoms with van der Waals surface area (Å²) in [7, 11) is 0. The molecule has 2 heterocycles. The summed E-state index contributed by atoms with van der Waals surface area (Å²) in [5, 5.41) is 3.75. The van der Waals surface area contributed by atoms with Crippen LogP contribution in [0.1, 0.15) is 56.4 Å². The predicted molar refractivity (Wildman–Crippen MR) is 85.6 cm³/mol. The van der Waals surface area contributed by atoms with Gasteiger partial charge in [0.25, 0.3) is 0 Å². The fraction of sp³-hybridized carbons (Fsp3) is 0.750. The van der Waals surface area contributed by atoms with Crippen LogP contribution in [0.5, 0.6) is 0 Å². The summed E-state index contributed by atoms with van der Waals surface area (Å²) < 4.78 is 6.97. The Hall–Kier alpha value is -0.0900. The number of hydrogen-bond acceptors (Lipinski definition) is 3. The molecule has 1 aliphatic carbocycles. The van der Waals surface area contributed by atoms with E-state index in [1.54, 1.807) is 11.3 Å². The first-order valence-electron chi connectivity index (χ1n) is 7.85. The van der Waals surface area contributed by atoms with E-state index in [4.69, 9.17) is 16.3 Å². The van der Waals surface area contributed by atoms with Crippen LogP contribution in [0.2, 0.25) is 4.34 Å². The Morgan fingerprint density at radius 3 is 2.95 bits per heavy atom. The molecule has 1 N–H and O–H groups in total. The van der Waals surface area contributed by atoms with Crippen LogP contribution in [0, 0.1) is 5.92 Å². The maximum atomic E-state index is 6.14. The number of ether oxygens (including phenoxy) is 1. The first kappa shape index (κ1) is 14.8. The average molecular weight is 314 g/mol. The van der Waals surface area contributed by atoms with E-state index in [1.807, 2.05) is 6.07 Å². The summed E-state index contributed by atoms with van der Waals surface area (Å²) in [6.07, 6.45) is 7.40. The molecule has 1 saturated carbocycles.